The lowest BCUT2D eigenvalue weighted by Gasteiger charge is -2.17. The zero-order chi connectivity index (χ0) is 24.0. The van der Waals surface area contributed by atoms with E-state index >= 15 is 0 Å². The van der Waals surface area contributed by atoms with Crippen LogP contribution in [0.25, 0.3) is 0 Å². The highest BCUT2D eigenvalue weighted by atomic mass is 15.1. The van der Waals surface area contributed by atoms with Crippen molar-refractivity contribution in [1.29, 1.82) is 0 Å². The topological polar surface area (TPSA) is 19.7 Å². The van der Waals surface area contributed by atoms with Crippen molar-refractivity contribution < 1.29 is 4.57 Å². The predicted octanol–water partition coefficient (Wildman–Crippen LogP) is 10.6. The molecule has 33 heavy (non-hydrogen) atoms. The normalized spacial score (nSPS) is 13.5. The molecule has 0 aliphatic carbocycles. The summed E-state index contributed by atoms with van der Waals surface area (Å²) < 4.78 is 2.58. The maximum Gasteiger partial charge on any atom is 0.257 e. The van der Waals surface area contributed by atoms with E-state index in [0.29, 0.717) is 12.0 Å². The van der Waals surface area contributed by atoms with Gasteiger partial charge in [-0.2, -0.15) is 0 Å². The molecule has 2 unspecified atom stereocenters. The standard InChI is InChI=1S/C31H60N2/c1-5-8-11-13-15-16-17-19-21-23-26-30(25-22-20-18-14-12-9-6-2)31-32-27-28-33(31)29(4)24-10-7-3/h27-30H,5-26H2,1-4H3/p+1. The molecule has 0 aliphatic rings. The summed E-state index contributed by atoms with van der Waals surface area (Å²) in [6.07, 6.45) is 35.4. The molecule has 2 atom stereocenters. The van der Waals surface area contributed by atoms with Crippen LogP contribution in [0.2, 0.25) is 0 Å². The molecule has 0 aliphatic heterocycles. The van der Waals surface area contributed by atoms with Crippen LogP contribution < -0.4 is 4.57 Å². The van der Waals surface area contributed by atoms with E-state index in [0.717, 1.165) is 0 Å². The van der Waals surface area contributed by atoms with Crippen LogP contribution in [0, 0.1) is 0 Å². The largest absolute Gasteiger partial charge is 0.257 e. The van der Waals surface area contributed by atoms with E-state index in [1.54, 1.807) is 0 Å². The van der Waals surface area contributed by atoms with Crippen molar-refractivity contribution in [2.75, 3.05) is 0 Å². The third-order valence-corrected chi connectivity index (χ3v) is 7.64. The Morgan fingerprint density at radius 2 is 1.00 bits per heavy atom. The van der Waals surface area contributed by atoms with Gasteiger partial charge >= 0.3 is 0 Å². The van der Waals surface area contributed by atoms with Crippen molar-refractivity contribution >= 4 is 0 Å². The van der Waals surface area contributed by atoms with Gasteiger partial charge in [0, 0.05) is 0 Å². The average molecular weight is 462 g/mol. The van der Waals surface area contributed by atoms with E-state index in [-0.39, 0.29) is 0 Å². The van der Waals surface area contributed by atoms with E-state index in [1.165, 1.54) is 147 Å². The van der Waals surface area contributed by atoms with Crippen LogP contribution in [0.5, 0.6) is 0 Å². The van der Waals surface area contributed by atoms with Crippen molar-refractivity contribution in [3.8, 4) is 0 Å². The van der Waals surface area contributed by atoms with Crippen LogP contribution in [-0.2, 0) is 0 Å². The van der Waals surface area contributed by atoms with Crippen LogP contribution in [0.1, 0.15) is 187 Å². The molecule has 0 saturated carbocycles. The number of H-pyrrole nitrogens is 1. The molecule has 0 spiro atoms. The Morgan fingerprint density at radius 1 is 0.576 bits per heavy atom. The minimum atomic E-state index is 0.621. The fourth-order valence-corrected chi connectivity index (χ4v) is 5.35. The zero-order valence-corrected chi connectivity index (χ0v) is 23.3. The van der Waals surface area contributed by atoms with Gasteiger partial charge in [-0.05, 0) is 32.6 Å². The highest BCUT2D eigenvalue weighted by Gasteiger charge is 2.25. The average Bonchev–Trinajstić information content (AvgIpc) is 3.31. The Bertz CT molecular complexity index is 521. The molecule has 0 bridgehead atoms. The first-order valence-corrected chi connectivity index (χ1v) is 15.3. The molecule has 0 radical (unpaired) electrons. The second-order valence-electron chi connectivity index (χ2n) is 10.8. The van der Waals surface area contributed by atoms with Crippen molar-refractivity contribution in [3.05, 3.63) is 18.2 Å². The van der Waals surface area contributed by atoms with E-state index in [2.05, 4.69) is 49.6 Å². The number of aromatic amines is 1. The summed E-state index contributed by atoms with van der Waals surface area (Å²) in [5, 5.41) is 0. The van der Waals surface area contributed by atoms with Gasteiger partial charge in [-0.3, -0.25) is 0 Å². The molecular weight excluding hydrogens is 400 g/mol. The number of aromatic nitrogens is 2. The van der Waals surface area contributed by atoms with Crippen molar-refractivity contribution in [1.82, 2.24) is 4.98 Å². The highest BCUT2D eigenvalue weighted by molar-refractivity contribution is 4.90. The molecule has 2 heteroatoms. The number of nitrogens with one attached hydrogen (secondary N) is 1. The molecule has 1 heterocycles. The molecule has 0 saturated heterocycles. The number of hydrogen-bond acceptors (Lipinski definition) is 0. The summed E-state index contributed by atoms with van der Waals surface area (Å²) >= 11 is 0. The number of nitrogens with zero attached hydrogens (tertiary/aromatic N) is 1. The van der Waals surface area contributed by atoms with E-state index < -0.39 is 0 Å². The summed E-state index contributed by atoms with van der Waals surface area (Å²) in [7, 11) is 0. The van der Waals surface area contributed by atoms with Gasteiger partial charge in [0.15, 0.2) is 0 Å². The number of imidazole rings is 1. The molecule has 1 rings (SSSR count). The first kappa shape index (κ1) is 30.2. The quantitative estimate of drug-likeness (QED) is 0.117. The van der Waals surface area contributed by atoms with Crippen LogP contribution >= 0.6 is 0 Å². The lowest BCUT2D eigenvalue weighted by Crippen LogP contribution is -2.41. The fourth-order valence-electron chi connectivity index (χ4n) is 5.35. The molecule has 1 aromatic rings. The van der Waals surface area contributed by atoms with Crippen LogP contribution in [0.3, 0.4) is 0 Å². The van der Waals surface area contributed by atoms with Gasteiger partial charge in [-0.1, -0.05) is 136 Å². The summed E-state index contributed by atoms with van der Waals surface area (Å²) in [4.78, 5) is 3.68. The Morgan fingerprint density at radius 3 is 1.45 bits per heavy atom. The van der Waals surface area contributed by atoms with Gasteiger partial charge in [0.2, 0.25) is 0 Å². The van der Waals surface area contributed by atoms with E-state index in [4.69, 9.17) is 0 Å². The lowest BCUT2D eigenvalue weighted by molar-refractivity contribution is -0.727. The van der Waals surface area contributed by atoms with E-state index in [1.807, 2.05) is 0 Å². The second kappa shape index (κ2) is 21.7. The lowest BCUT2D eigenvalue weighted by atomic mass is 9.92. The van der Waals surface area contributed by atoms with Gasteiger partial charge in [-0.25, -0.2) is 9.55 Å². The maximum atomic E-state index is 3.68. The van der Waals surface area contributed by atoms with E-state index in [9.17, 15) is 0 Å². The summed E-state index contributed by atoms with van der Waals surface area (Å²) in [5.74, 6) is 2.23. The first-order chi connectivity index (χ1) is 16.2. The van der Waals surface area contributed by atoms with Crippen molar-refractivity contribution in [3.63, 3.8) is 0 Å². The molecule has 0 aromatic carbocycles. The minimum absolute atomic E-state index is 0.621. The van der Waals surface area contributed by atoms with Gasteiger partial charge in [0.1, 0.15) is 12.4 Å². The van der Waals surface area contributed by atoms with Gasteiger partial charge in [-0.15, -0.1) is 0 Å². The van der Waals surface area contributed by atoms with Crippen molar-refractivity contribution in [2.45, 2.75) is 181 Å². The van der Waals surface area contributed by atoms with Crippen LogP contribution in [0.15, 0.2) is 12.4 Å². The minimum Gasteiger partial charge on any atom is -0.247 e. The Balaban J connectivity index is 2.43. The Kier molecular flexibility index (Phi) is 19.9. The number of unbranched alkanes of at least 4 members (excludes halogenated alkanes) is 16. The zero-order valence-electron chi connectivity index (χ0n) is 23.3. The van der Waals surface area contributed by atoms with Gasteiger partial charge in [0.25, 0.3) is 5.82 Å². The van der Waals surface area contributed by atoms with Gasteiger partial charge in [0.05, 0.1) is 12.0 Å². The molecule has 2 nitrogen and oxygen atoms in total. The number of rotatable bonds is 24. The van der Waals surface area contributed by atoms with Crippen LogP contribution in [0.4, 0.5) is 0 Å². The first-order valence-electron chi connectivity index (χ1n) is 15.3. The summed E-state index contributed by atoms with van der Waals surface area (Å²) in [5.41, 5.74) is 0. The molecule has 0 amide bonds. The summed E-state index contributed by atoms with van der Waals surface area (Å²) in [6.45, 7) is 9.34. The third kappa shape index (κ3) is 14.9. The predicted molar refractivity (Wildman–Crippen MR) is 147 cm³/mol. The third-order valence-electron chi connectivity index (χ3n) is 7.64. The molecule has 1 aromatic heterocycles. The Labute approximate surface area is 208 Å². The molecule has 194 valence electrons. The summed E-state index contributed by atoms with van der Waals surface area (Å²) in [6, 6.07) is 0.621. The van der Waals surface area contributed by atoms with Gasteiger partial charge < -0.3 is 0 Å². The molecule has 1 N–H and O–H groups in total. The molecular formula is C31H61N2+. The Hall–Kier alpha value is -0.790. The molecule has 0 fully saturated rings. The SMILES string of the molecule is CCCCCCCCCCCCC(CCCCCCCCC)c1[nH]cc[n+]1C(C)CCCC. The second-order valence-corrected chi connectivity index (χ2v) is 10.8. The number of hydrogen-bond donors (Lipinski definition) is 1. The van der Waals surface area contributed by atoms with Crippen LogP contribution in [-0.4, -0.2) is 4.98 Å². The van der Waals surface area contributed by atoms with Crippen molar-refractivity contribution in [2.24, 2.45) is 0 Å². The monoisotopic (exact) mass is 461 g/mol. The smallest absolute Gasteiger partial charge is 0.247 e. The fraction of sp³-hybridized carbons (Fsp3) is 0.903. The highest BCUT2D eigenvalue weighted by Crippen LogP contribution is 2.27. The maximum absolute atomic E-state index is 3.68.